The maximum atomic E-state index is 15.1. The van der Waals surface area contributed by atoms with Crippen molar-refractivity contribution in [2.45, 2.75) is 159 Å². The van der Waals surface area contributed by atoms with E-state index < -0.39 is 41.4 Å². The highest BCUT2D eigenvalue weighted by molar-refractivity contribution is 6.50. The summed E-state index contributed by atoms with van der Waals surface area (Å²) >= 11 is 0. The number of likely N-dealkylation sites (tertiary alicyclic amines) is 1. The molecular weight excluding hydrogens is 695 g/mol. The van der Waals surface area contributed by atoms with Crippen molar-refractivity contribution in [1.82, 2.24) is 31.5 Å². The number of carbonyl (C=O) groups is 3. The molecule has 0 aromatic heterocycles. The highest BCUT2D eigenvalue weighted by Gasteiger charge is 2.61. The Morgan fingerprint density at radius 3 is 2.27 bits per heavy atom. The first-order valence-corrected chi connectivity index (χ1v) is 20.6. The standard InChI is InChI=1S/C42H61BN6O6/c1-39(2,53)35-26-44-47-49(35)32-25-34(37(51)46-42(21-13-8-14-22-42)43-54-40(3,4)41(5,6)55-43)48(27-32)38(52)33(23-28-15-9-7-10-16-28)45-36(50)31-20-19-29-17-11-12-18-30(29)24-31/h11-12,17-20,24,26,28,32-34,44,47,53H,7-10,13-16,21-23,25,27H2,1-6H3,(H,45,50)(H,46,51)/t32-,33+,34-/m0/s1. The molecule has 0 spiro atoms. The number of aliphatic hydroxyl groups is 1. The number of rotatable bonds is 10. The summed E-state index contributed by atoms with van der Waals surface area (Å²) in [5.74, 6) is -0.549. The zero-order valence-electron chi connectivity index (χ0n) is 33.6. The lowest BCUT2D eigenvalue weighted by Crippen LogP contribution is -2.64. The van der Waals surface area contributed by atoms with Crippen LogP contribution in [0.25, 0.3) is 10.8 Å². The third-order valence-corrected chi connectivity index (χ3v) is 13.2. The van der Waals surface area contributed by atoms with Crippen LogP contribution in [-0.4, -0.2) is 86.8 Å². The van der Waals surface area contributed by atoms with Crippen molar-refractivity contribution < 1.29 is 28.8 Å². The first kappa shape index (κ1) is 39.6. The summed E-state index contributed by atoms with van der Waals surface area (Å²) in [4.78, 5) is 45.7. The third kappa shape index (κ3) is 8.13. The molecule has 5 N–H and O–H groups in total. The normalized spacial score (nSPS) is 25.7. The summed E-state index contributed by atoms with van der Waals surface area (Å²) in [5.41, 5.74) is 4.15. The SMILES string of the molecule is CC(C)(O)C1=CNNN1[C@H]1C[C@@H](C(=O)NC2(B3OC(C)(C)C(C)(C)O3)CCCCC2)N(C(=O)[C@@H](CC2CCCCC2)NC(=O)c2ccc3ccccc3c2)C1. The fourth-order valence-electron chi connectivity index (χ4n) is 9.30. The van der Waals surface area contributed by atoms with Gasteiger partial charge in [0.05, 0.1) is 28.4 Å². The second kappa shape index (κ2) is 15.4. The number of nitrogens with one attached hydrogen (secondary N) is 4. The van der Waals surface area contributed by atoms with Gasteiger partial charge in [-0.15, -0.1) is 5.53 Å². The van der Waals surface area contributed by atoms with Crippen LogP contribution in [0.3, 0.4) is 0 Å². The van der Waals surface area contributed by atoms with Gasteiger partial charge in [0.1, 0.15) is 17.7 Å². The number of hydrazine groups is 2. The number of amides is 3. The van der Waals surface area contributed by atoms with Gasteiger partial charge in [-0.3, -0.25) is 19.4 Å². The average Bonchev–Trinajstić information content (AvgIpc) is 3.88. The van der Waals surface area contributed by atoms with Crippen molar-refractivity contribution >= 4 is 35.6 Å². The zero-order chi connectivity index (χ0) is 39.2. The largest absolute Gasteiger partial charge is 0.485 e. The number of hydrogen-bond acceptors (Lipinski definition) is 9. The van der Waals surface area contributed by atoms with Crippen LogP contribution in [0.15, 0.2) is 54.4 Å². The van der Waals surface area contributed by atoms with Crippen LogP contribution < -0.4 is 21.6 Å². The fourth-order valence-corrected chi connectivity index (χ4v) is 9.30. The van der Waals surface area contributed by atoms with E-state index in [0.717, 1.165) is 55.7 Å². The molecule has 2 aromatic rings. The van der Waals surface area contributed by atoms with E-state index >= 15 is 4.79 Å². The van der Waals surface area contributed by atoms with E-state index in [1.54, 1.807) is 31.0 Å². The predicted octanol–water partition coefficient (Wildman–Crippen LogP) is 5.27. The maximum absolute atomic E-state index is 15.1. The van der Waals surface area contributed by atoms with Crippen LogP contribution in [0, 0.1) is 5.92 Å². The van der Waals surface area contributed by atoms with Gasteiger partial charge in [-0.2, -0.15) is 0 Å². The Bertz CT molecular complexity index is 1760. The van der Waals surface area contributed by atoms with Crippen molar-refractivity contribution in [3.05, 3.63) is 59.9 Å². The van der Waals surface area contributed by atoms with Gasteiger partial charge in [-0.05, 0) is 89.6 Å². The Labute approximate surface area is 326 Å². The second-order valence-corrected chi connectivity index (χ2v) is 18.2. The van der Waals surface area contributed by atoms with Crippen molar-refractivity contribution in [2.24, 2.45) is 5.92 Å². The van der Waals surface area contributed by atoms with Gasteiger partial charge in [-0.1, -0.05) is 81.7 Å². The number of benzene rings is 2. The molecule has 12 nitrogen and oxygen atoms in total. The Hall–Kier alpha value is -3.65. The van der Waals surface area contributed by atoms with Gasteiger partial charge in [0.2, 0.25) is 11.8 Å². The summed E-state index contributed by atoms with van der Waals surface area (Å²) in [6.45, 7) is 11.7. The minimum atomic E-state index is -1.19. The van der Waals surface area contributed by atoms with E-state index in [-0.39, 0.29) is 36.2 Å². The summed E-state index contributed by atoms with van der Waals surface area (Å²) in [7, 11) is -0.641. The molecule has 2 saturated heterocycles. The molecular formula is C42H61BN6O6. The Kier molecular flexibility index (Phi) is 11.1. The van der Waals surface area contributed by atoms with Gasteiger partial charge in [0.15, 0.2) is 0 Å². The highest BCUT2D eigenvalue weighted by Crippen LogP contribution is 2.44. The zero-order valence-corrected chi connectivity index (χ0v) is 33.6. The molecule has 2 aliphatic carbocycles. The Morgan fingerprint density at radius 1 is 0.945 bits per heavy atom. The smallest absolute Gasteiger partial charge is 0.402 e. The topological polar surface area (TPSA) is 144 Å². The first-order chi connectivity index (χ1) is 26.1. The van der Waals surface area contributed by atoms with Crippen LogP contribution in [-0.2, 0) is 18.9 Å². The lowest BCUT2D eigenvalue weighted by molar-refractivity contribution is -0.141. The van der Waals surface area contributed by atoms with E-state index in [1.165, 1.54) is 6.42 Å². The van der Waals surface area contributed by atoms with E-state index in [1.807, 2.05) is 69.1 Å². The van der Waals surface area contributed by atoms with E-state index in [9.17, 15) is 14.7 Å². The van der Waals surface area contributed by atoms with Crippen molar-refractivity contribution in [3.8, 4) is 0 Å². The van der Waals surface area contributed by atoms with Crippen molar-refractivity contribution in [1.29, 1.82) is 0 Å². The van der Waals surface area contributed by atoms with E-state index in [0.29, 0.717) is 36.9 Å². The molecule has 0 unspecified atom stereocenters. The van der Waals surface area contributed by atoms with E-state index in [4.69, 9.17) is 9.31 Å². The molecule has 298 valence electrons. The van der Waals surface area contributed by atoms with Crippen LogP contribution in [0.1, 0.15) is 129 Å². The monoisotopic (exact) mass is 756 g/mol. The van der Waals surface area contributed by atoms with Gasteiger partial charge in [-0.25, -0.2) is 0 Å². The summed E-state index contributed by atoms with van der Waals surface area (Å²) in [5, 5.41) is 21.5. The molecule has 3 amide bonds. The number of fused-ring (bicyclic) bond motifs is 1. The molecule has 3 heterocycles. The van der Waals surface area contributed by atoms with Gasteiger partial charge in [0.25, 0.3) is 5.91 Å². The molecule has 7 rings (SSSR count). The summed E-state index contributed by atoms with van der Waals surface area (Å²) in [6.07, 6.45) is 12.2. The minimum Gasteiger partial charge on any atom is -0.402 e. The molecule has 3 atom stereocenters. The molecule has 5 aliphatic rings. The Balaban J connectivity index is 1.20. The molecule has 0 radical (unpaired) electrons. The summed E-state index contributed by atoms with van der Waals surface area (Å²) < 4.78 is 13.2. The minimum absolute atomic E-state index is 0.218. The van der Waals surface area contributed by atoms with E-state index in [2.05, 4.69) is 21.6 Å². The highest BCUT2D eigenvalue weighted by atomic mass is 16.7. The lowest BCUT2D eigenvalue weighted by Gasteiger charge is -2.41. The van der Waals surface area contributed by atoms with Crippen LogP contribution in [0.5, 0.6) is 0 Å². The maximum Gasteiger partial charge on any atom is 0.485 e. The van der Waals surface area contributed by atoms with Gasteiger partial charge >= 0.3 is 7.12 Å². The molecule has 55 heavy (non-hydrogen) atoms. The van der Waals surface area contributed by atoms with Crippen LogP contribution in [0.4, 0.5) is 0 Å². The molecule has 4 fully saturated rings. The van der Waals surface area contributed by atoms with Crippen LogP contribution >= 0.6 is 0 Å². The molecule has 3 aliphatic heterocycles. The summed E-state index contributed by atoms with van der Waals surface area (Å²) in [6, 6.07) is 11.5. The lowest BCUT2D eigenvalue weighted by atomic mass is 9.57. The Morgan fingerprint density at radius 2 is 1.60 bits per heavy atom. The number of hydrogen-bond donors (Lipinski definition) is 5. The van der Waals surface area contributed by atoms with Gasteiger partial charge < -0.3 is 35.4 Å². The average molecular weight is 757 g/mol. The molecule has 2 saturated carbocycles. The number of carbonyl (C=O) groups excluding carboxylic acids is 3. The molecule has 13 heteroatoms. The van der Waals surface area contributed by atoms with Crippen LogP contribution in [0.2, 0.25) is 0 Å². The van der Waals surface area contributed by atoms with Crippen molar-refractivity contribution in [3.63, 3.8) is 0 Å². The first-order valence-electron chi connectivity index (χ1n) is 20.6. The predicted molar refractivity (Wildman–Crippen MR) is 213 cm³/mol. The van der Waals surface area contributed by atoms with Crippen molar-refractivity contribution in [2.75, 3.05) is 6.54 Å². The second-order valence-electron chi connectivity index (χ2n) is 18.2. The quantitative estimate of drug-likeness (QED) is 0.205. The number of nitrogens with zero attached hydrogens (tertiary/aromatic N) is 2. The molecule has 2 aromatic carbocycles. The fraction of sp³-hybridized carbons (Fsp3) is 0.643. The van der Waals surface area contributed by atoms with Gasteiger partial charge in [0, 0.05) is 24.7 Å². The third-order valence-electron chi connectivity index (χ3n) is 13.2. The molecule has 0 bridgehead atoms.